The highest BCUT2D eigenvalue weighted by Gasteiger charge is 2.27. The average molecular weight is 284 g/mol. The van der Waals surface area contributed by atoms with Gasteiger partial charge in [-0.15, -0.1) is 0 Å². The zero-order chi connectivity index (χ0) is 14.6. The van der Waals surface area contributed by atoms with Gasteiger partial charge in [0.15, 0.2) is 0 Å². The van der Waals surface area contributed by atoms with Crippen molar-refractivity contribution in [3.05, 3.63) is 34.9 Å². The third-order valence-electron chi connectivity index (χ3n) is 3.05. The second-order valence-corrected chi connectivity index (χ2v) is 5.53. The predicted molar refractivity (Wildman–Crippen MR) is 78.9 cm³/mol. The molecule has 0 aliphatic heterocycles. The van der Waals surface area contributed by atoms with Gasteiger partial charge in [-0.05, 0) is 38.5 Å². The highest BCUT2D eigenvalue weighted by Crippen LogP contribution is 2.27. The monoisotopic (exact) mass is 283 g/mol. The Balaban J connectivity index is 3.13. The molecule has 1 amide bonds. The van der Waals surface area contributed by atoms with Gasteiger partial charge >= 0.3 is 0 Å². The molecule has 0 aromatic heterocycles. The van der Waals surface area contributed by atoms with Crippen molar-refractivity contribution in [2.24, 2.45) is 11.5 Å². The molecule has 4 nitrogen and oxygen atoms in total. The van der Waals surface area contributed by atoms with E-state index in [1.807, 2.05) is 49.9 Å². The summed E-state index contributed by atoms with van der Waals surface area (Å²) in [7, 11) is 0. The number of nitrogens with two attached hydrogens (primary N) is 2. The lowest BCUT2D eigenvalue weighted by Gasteiger charge is -2.36. The summed E-state index contributed by atoms with van der Waals surface area (Å²) in [6.45, 7) is 6.13. The minimum Gasteiger partial charge on any atom is -0.369 e. The number of carbonyl (C=O) groups excluding carboxylic acids is 1. The molecule has 0 aliphatic rings. The second-order valence-electron chi connectivity index (χ2n) is 5.09. The molecule has 2 unspecified atom stereocenters. The van der Waals surface area contributed by atoms with Gasteiger partial charge in [-0.3, -0.25) is 9.69 Å². The number of amides is 1. The lowest BCUT2D eigenvalue weighted by Crippen LogP contribution is -2.46. The van der Waals surface area contributed by atoms with E-state index in [2.05, 4.69) is 0 Å². The molecule has 19 heavy (non-hydrogen) atoms. The summed E-state index contributed by atoms with van der Waals surface area (Å²) < 4.78 is 0. The molecule has 2 atom stereocenters. The van der Waals surface area contributed by atoms with E-state index in [4.69, 9.17) is 23.1 Å². The molecule has 0 bridgehead atoms. The van der Waals surface area contributed by atoms with Crippen molar-refractivity contribution in [1.29, 1.82) is 0 Å². The molecule has 0 radical (unpaired) electrons. The number of primary amides is 1. The van der Waals surface area contributed by atoms with E-state index in [1.165, 1.54) is 0 Å². The van der Waals surface area contributed by atoms with Crippen LogP contribution in [0.3, 0.4) is 0 Å². The Morgan fingerprint density at radius 2 is 2.00 bits per heavy atom. The van der Waals surface area contributed by atoms with E-state index < -0.39 is 0 Å². The average Bonchev–Trinajstić information content (AvgIpc) is 2.27. The van der Waals surface area contributed by atoms with Gasteiger partial charge < -0.3 is 11.5 Å². The summed E-state index contributed by atoms with van der Waals surface area (Å²) in [4.78, 5) is 13.3. The van der Waals surface area contributed by atoms with Gasteiger partial charge in [0.05, 0.1) is 12.6 Å². The number of nitrogens with zero attached hydrogens (tertiary/aromatic N) is 1. The normalized spacial score (nSPS) is 14.7. The van der Waals surface area contributed by atoms with Crippen LogP contribution in [-0.2, 0) is 4.79 Å². The molecule has 0 heterocycles. The van der Waals surface area contributed by atoms with Crippen LogP contribution in [0.1, 0.15) is 32.4 Å². The van der Waals surface area contributed by atoms with Crippen LogP contribution in [0.5, 0.6) is 0 Å². The smallest absolute Gasteiger partial charge is 0.231 e. The summed E-state index contributed by atoms with van der Waals surface area (Å²) in [6.07, 6.45) is 0. The van der Waals surface area contributed by atoms with Crippen LogP contribution >= 0.6 is 11.6 Å². The van der Waals surface area contributed by atoms with Gasteiger partial charge in [-0.2, -0.15) is 0 Å². The van der Waals surface area contributed by atoms with Crippen molar-refractivity contribution in [2.45, 2.75) is 38.9 Å². The SMILES string of the molecule is CC(N)C(c1cccc(Cl)c1)N(CC(N)=O)C(C)C. The second kappa shape index (κ2) is 6.89. The minimum absolute atomic E-state index is 0.0915. The van der Waals surface area contributed by atoms with Crippen molar-refractivity contribution in [2.75, 3.05) is 6.54 Å². The number of hydrogen-bond acceptors (Lipinski definition) is 3. The van der Waals surface area contributed by atoms with E-state index in [0.717, 1.165) is 5.56 Å². The molecule has 0 aliphatic carbocycles. The molecule has 4 N–H and O–H groups in total. The van der Waals surface area contributed by atoms with Gasteiger partial charge in [0.25, 0.3) is 0 Å². The Bertz CT molecular complexity index is 434. The number of carbonyl (C=O) groups is 1. The molecular weight excluding hydrogens is 262 g/mol. The first-order valence-electron chi connectivity index (χ1n) is 6.38. The molecule has 106 valence electrons. The van der Waals surface area contributed by atoms with Gasteiger partial charge in [-0.1, -0.05) is 23.7 Å². The van der Waals surface area contributed by atoms with Crippen LogP contribution in [-0.4, -0.2) is 29.4 Å². The zero-order valence-electron chi connectivity index (χ0n) is 11.6. The van der Waals surface area contributed by atoms with Crippen LogP contribution in [0.25, 0.3) is 0 Å². The fourth-order valence-corrected chi connectivity index (χ4v) is 2.47. The van der Waals surface area contributed by atoms with Gasteiger partial charge in [0.1, 0.15) is 0 Å². The summed E-state index contributed by atoms with van der Waals surface area (Å²) in [5, 5.41) is 0.658. The van der Waals surface area contributed by atoms with E-state index in [9.17, 15) is 4.79 Å². The van der Waals surface area contributed by atoms with Crippen LogP contribution in [0.15, 0.2) is 24.3 Å². The maximum absolute atomic E-state index is 11.3. The van der Waals surface area contributed by atoms with Gasteiger partial charge in [0.2, 0.25) is 5.91 Å². The third-order valence-corrected chi connectivity index (χ3v) is 3.28. The first-order chi connectivity index (χ1) is 8.82. The van der Waals surface area contributed by atoms with E-state index >= 15 is 0 Å². The number of halogens is 1. The standard InChI is InChI=1S/C14H22ClN3O/c1-9(2)18(8-13(17)19)14(10(3)16)11-5-4-6-12(15)7-11/h4-7,9-10,14H,8,16H2,1-3H3,(H2,17,19). The van der Waals surface area contributed by atoms with Crippen LogP contribution < -0.4 is 11.5 Å². The molecule has 1 aromatic carbocycles. The van der Waals surface area contributed by atoms with E-state index in [-0.39, 0.29) is 30.6 Å². The summed E-state index contributed by atoms with van der Waals surface area (Å²) in [6, 6.07) is 7.48. The lowest BCUT2D eigenvalue weighted by atomic mass is 9.97. The number of hydrogen-bond donors (Lipinski definition) is 2. The molecule has 0 spiro atoms. The van der Waals surface area contributed by atoms with Crippen molar-refractivity contribution >= 4 is 17.5 Å². The van der Waals surface area contributed by atoms with Crippen molar-refractivity contribution in [1.82, 2.24) is 4.90 Å². The van der Waals surface area contributed by atoms with Gasteiger partial charge in [-0.25, -0.2) is 0 Å². The van der Waals surface area contributed by atoms with Crippen LogP contribution in [0, 0.1) is 0 Å². The van der Waals surface area contributed by atoms with Gasteiger partial charge in [0, 0.05) is 17.1 Å². The third kappa shape index (κ3) is 4.49. The quantitative estimate of drug-likeness (QED) is 0.838. The summed E-state index contributed by atoms with van der Waals surface area (Å²) >= 11 is 6.03. The van der Waals surface area contributed by atoms with Crippen LogP contribution in [0.2, 0.25) is 5.02 Å². The van der Waals surface area contributed by atoms with Crippen LogP contribution in [0.4, 0.5) is 0 Å². The molecule has 1 rings (SSSR count). The predicted octanol–water partition coefficient (Wildman–Crippen LogP) is 1.92. The highest BCUT2D eigenvalue weighted by atomic mass is 35.5. The first-order valence-corrected chi connectivity index (χ1v) is 6.75. The van der Waals surface area contributed by atoms with Crippen molar-refractivity contribution in [3.8, 4) is 0 Å². The molecule has 1 aromatic rings. The maximum atomic E-state index is 11.3. The Morgan fingerprint density at radius 3 is 2.42 bits per heavy atom. The molecular formula is C14H22ClN3O. The Labute approximate surface area is 119 Å². The lowest BCUT2D eigenvalue weighted by molar-refractivity contribution is -0.120. The number of rotatable bonds is 6. The Hall–Kier alpha value is -1.10. The Morgan fingerprint density at radius 1 is 1.37 bits per heavy atom. The van der Waals surface area contributed by atoms with E-state index in [1.54, 1.807) is 0 Å². The zero-order valence-corrected chi connectivity index (χ0v) is 12.4. The highest BCUT2D eigenvalue weighted by molar-refractivity contribution is 6.30. The maximum Gasteiger partial charge on any atom is 0.231 e. The first kappa shape index (κ1) is 16.0. The summed E-state index contributed by atoms with van der Waals surface area (Å²) in [5.74, 6) is -0.360. The van der Waals surface area contributed by atoms with E-state index in [0.29, 0.717) is 5.02 Å². The topological polar surface area (TPSA) is 72.3 Å². The number of benzene rings is 1. The largest absolute Gasteiger partial charge is 0.369 e. The minimum atomic E-state index is -0.360. The molecule has 0 saturated heterocycles. The molecule has 5 heteroatoms. The van der Waals surface area contributed by atoms with Crippen molar-refractivity contribution in [3.63, 3.8) is 0 Å². The molecule has 0 saturated carbocycles. The summed E-state index contributed by atoms with van der Waals surface area (Å²) in [5.41, 5.74) is 12.4. The fraction of sp³-hybridized carbons (Fsp3) is 0.500. The molecule has 0 fully saturated rings. The Kier molecular flexibility index (Phi) is 5.79. The van der Waals surface area contributed by atoms with Crippen molar-refractivity contribution < 1.29 is 4.79 Å². The fourth-order valence-electron chi connectivity index (χ4n) is 2.27.